The SMILES string of the molecule is CCOC(=O)N1CCN(C(=O)C(C)n2cc(NC(=O)c3cnn(CC)c3)c(C)n2)CC1. The minimum Gasteiger partial charge on any atom is -0.450 e. The van der Waals surface area contributed by atoms with Crippen molar-refractivity contribution in [3.05, 3.63) is 29.8 Å². The molecule has 2 aromatic heterocycles. The second-order valence-electron chi connectivity index (χ2n) is 7.33. The zero-order valence-corrected chi connectivity index (χ0v) is 18.4. The topological polar surface area (TPSA) is 115 Å². The first-order valence-corrected chi connectivity index (χ1v) is 10.4. The van der Waals surface area contributed by atoms with Crippen molar-refractivity contribution in [1.82, 2.24) is 29.4 Å². The highest BCUT2D eigenvalue weighted by Gasteiger charge is 2.29. The zero-order chi connectivity index (χ0) is 22.5. The van der Waals surface area contributed by atoms with Crippen molar-refractivity contribution in [2.75, 3.05) is 38.1 Å². The first-order valence-electron chi connectivity index (χ1n) is 10.4. The molecule has 11 heteroatoms. The van der Waals surface area contributed by atoms with Crippen LogP contribution in [0.3, 0.4) is 0 Å². The van der Waals surface area contributed by atoms with Crippen LogP contribution in [0.15, 0.2) is 18.6 Å². The van der Waals surface area contributed by atoms with Crippen LogP contribution in [0.2, 0.25) is 0 Å². The van der Waals surface area contributed by atoms with Crippen LogP contribution in [0, 0.1) is 6.92 Å². The molecule has 1 aliphatic rings. The van der Waals surface area contributed by atoms with Crippen molar-refractivity contribution >= 4 is 23.6 Å². The van der Waals surface area contributed by atoms with Crippen molar-refractivity contribution in [3.8, 4) is 0 Å². The molecule has 1 fully saturated rings. The van der Waals surface area contributed by atoms with E-state index in [0.29, 0.717) is 56.3 Å². The highest BCUT2D eigenvalue weighted by molar-refractivity contribution is 6.04. The fourth-order valence-corrected chi connectivity index (χ4v) is 3.35. The summed E-state index contributed by atoms with van der Waals surface area (Å²) in [6.45, 7) is 9.99. The number of ether oxygens (including phenoxy) is 1. The van der Waals surface area contributed by atoms with Crippen LogP contribution in [-0.4, -0.2) is 80.1 Å². The number of aryl methyl sites for hydroxylation is 2. The van der Waals surface area contributed by atoms with Gasteiger partial charge in [-0.1, -0.05) is 0 Å². The van der Waals surface area contributed by atoms with E-state index in [1.165, 1.54) is 6.20 Å². The van der Waals surface area contributed by atoms with Gasteiger partial charge < -0.3 is 19.9 Å². The molecule has 3 rings (SSSR count). The van der Waals surface area contributed by atoms with Gasteiger partial charge in [-0.3, -0.25) is 19.0 Å². The van der Waals surface area contributed by atoms with Gasteiger partial charge in [-0.05, 0) is 27.7 Å². The van der Waals surface area contributed by atoms with E-state index in [4.69, 9.17) is 4.74 Å². The highest BCUT2D eigenvalue weighted by atomic mass is 16.6. The van der Waals surface area contributed by atoms with E-state index < -0.39 is 6.04 Å². The predicted molar refractivity (Wildman–Crippen MR) is 113 cm³/mol. The Balaban J connectivity index is 1.61. The largest absolute Gasteiger partial charge is 0.450 e. The number of anilines is 1. The summed E-state index contributed by atoms with van der Waals surface area (Å²) >= 11 is 0. The normalized spacial score (nSPS) is 15.0. The summed E-state index contributed by atoms with van der Waals surface area (Å²) in [5.41, 5.74) is 1.61. The first kappa shape index (κ1) is 22.3. The number of carbonyl (C=O) groups excluding carboxylic acids is 3. The van der Waals surface area contributed by atoms with Gasteiger partial charge in [-0.25, -0.2) is 4.79 Å². The van der Waals surface area contributed by atoms with Crippen LogP contribution in [0.25, 0.3) is 0 Å². The van der Waals surface area contributed by atoms with Crippen LogP contribution in [-0.2, 0) is 16.1 Å². The van der Waals surface area contributed by atoms with E-state index in [1.54, 1.807) is 52.3 Å². The van der Waals surface area contributed by atoms with Gasteiger partial charge in [-0.2, -0.15) is 10.2 Å². The monoisotopic (exact) mass is 431 g/mol. The molecule has 1 unspecified atom stereocenters. The molecule has 0 spiro atoms. The molecule has 0 aromatic carbocycles. The van der Waals surface area contributed by atoms with Gasteiger partial charge in [0.2, 0.25) is 5.91 Å². The van der Waals surface area contributed by atoms with Crippen LogP contribution in [0.5, 0.6) is 0 Å². The fraction of sp³-hybridized carbons (Fsp3) is 0.550. The molecular weight excluding hydrogens is 402 g/mol. The third kappa shape index (κ3) is 5.04. The highest BCUT2D eigenvalue weighted by Crippen LogP contribution is 2.19. The second kappa shape index (κ2) is 9.63. The number of nitrogens with one attached hydrogen (secondary N) is 1. The molecule has 1 atom stereocenters. The number of carbonyl (C=O) groups is 3. The molecule has 2 aromatic rings. The summed E-state index contributed by atoms with van der Waals surface area (Å²) in [4.78, 5) is 40.5. The van der Waals surface area contributed by atoms with Crippen LogP contribution < -0.4 is 5.32 Å². The Morgan fingerprint density at radius 1 is 1.13 bits per heavy atom. The van der Waals surface area contributed by atoms with E-state index in [0.717, 1.165) is 0 Å². The summed E-state index contributed by atoms with van der Waals surface area (Å²) in [6.07, 6.45) is 4.50. The summed E-state index contributed by atoms with van der Waals surface area (Å²) in [7, 11) is 0. The van der Waals surface area contributed by atoms with Gasteiger partial charge >= 0.3 is 6.09 Å². The fourth-order valence-electron chi connectivity index (χ4n) is 3.35. The van der Waals surface area contributed by atoms with Crippen molar-refractivity contribution in [1.29, 1.82) is 0 Å². The number of hydrogen-bond donors (Lipinski definition) is 1. The molecule has 3 heterocycles. The van der Waals surface area contributed by atoms with Crippen LogP contribution in [0.1, 0.15) is 42.9 Å². The predicted octanol–water partition coefficient (Wildman–Crippen LogP) is 1.52. The lowest BCUT2D eigenvalue weighted by atomic mass is 10.2. The lowest BCUT2D eigenvalue weighted by Gasteiger charge is -2.35. The number of piperazine rings is 1. The summed E-state index contributed by atoms with van der Waals surface area (Å²) < 4.78 is 8.24. The Labute approximate surface area is 180 Å². The molecule has 1 saturated heterocycles. The number of hydrogen-bond acceptors (Lipinski definition) is 6. The maximum Gasteiger partial charge on any atom is 0.409 e. The third-order valence-corrected chi connectivity index (χ3v) is 5.26. The Morgan fingerprint density at radius 3 is 2.42 bits per heavy atom. The molecule has 31 heavy (non-hydrogen) atoms. The molecule has 1 N–H and O–H groups in total. The number of aromatic nitrogens is 4. The maximum absolute atomic E-state index is 12.9. The van der Waals surface area contributed by atoms with E-state index >= 15 is 0 Å². The number of amides is 3. The van der Waals surface area contributed by atoms with Gasteiger partial charge in [0.25, 0.3) is 5.91 Å². The van der Waals surface area contributed by atoms with Gasteiger partial charge in [0.1, 0.15) is 6.04 Å². The molecule has 0 saturated carbocycles. The lowest BCUT2D eigenvalue weighted by Crippen LogP contribution is -2.52. The van der Waals surface area contributed by atoms with E-state index in [-0.39, 0.29) is 17.9 Å². The van der Waals surface area contributed by atoms with Crippen molar-refractivity contribution in [2.45, 2.75) is 40.3 Å². The third-order valence-electron chi connectivity index (χ3n) is 5.26. The van der Waals surface area contributed by atoms with Crippen molar-refractivity contribution < 1.29 is 19.1 Å². The number of nitrogens with zero attached hydrogens (tertiary/aromatic N) is 6. The molecule has 3 amide bonds. The van der Waals surface area contributed by atoms with E-state index in [2.05, 4.69) is 15.5 Å². The van der Waals surface area contributed by atoms with Gasteiger partial charge in [0.15, 0.2) is 0 Å². The Kier molecular flexibility index (Phi) is 6.93. The quantitative estimate of drug-likeness (QED) is 0.742. The number of rotatable bonds is 6. The Bertz CT molecular complexity index is 943. The summed E-state index contributed by atoms with van der Waals surface area (Å²) in [5.74, 6) is -0.371. The molecule has 11 nitrogen and oxygen atoms in total. The molecule has 0 aliphatic carbocycles. The maximum atomic E-state index is 12.9. The molecule has 0 radical (unpaired) electrons. The zero-order valence-electron chi connectivity index (χ0n) is 18.4. The molecule has 0 bridgehead atoms. The summed E-state index contributed by atoms with van der Waals surface area (Å²) in [6, 6.07) is -0.540. The Morgan fingerprint density at radius 2 is 1.81 bits per heavy atom. The van der Waals surface area contributed by atoms with Gasteiger partial charge in [-0.15, -0.1) is 0 Å². The molecule has 1 aliphatic heterocycles. The summed E-state index contributed by atoms with van der Waals surface area (Å²) in [5, 5.41) is 11.3. The molecule has 168 valence electrons. The van der Waals surface area contributed by atoms with E-state index in [9.17, 15) is 14.4 Å². The first-order chi connectivity index (χ1) is 14.8. The molecular formula is C20H29N7O4. The Hall–Kier alpha value is -3.37. The average molecular weight is 431 g/mol. The average Bonchev–Trinajstić information content (AvgIpc) is 3.40. The van der Waals surface area contributed by atoms with Crippen LogP contribution >= 0.6 is 0 Å². The van der Waals surface area contributed by atoms with Gasteiger partial charge in [0.05, 0.1) is 29.7 Å². The smallest absolute Gasteiger partial charge is 0.409 e. The van der Waals surface area contributed by atoms with Crippen LogP contribution in [0.4, 0.5) is 10.5 Å². The van der Waals surface area contributed by atoms with Crippen molar-refractivity contribution in [2.24, 2.45) is 0 Å². The van der Waals surface area contributed by atoms with E-state index in [1.807, 2.05) is 6.92 Å². The minimum atomic E-state index is -0.540. The van der Waals surface area contributed by atoms with Gasteiger partial charge in [0, 0.05) is 45.1 Å². The van der Waals surface area contributed by atoms with Crippen molar-refractivity contribution in [3.63, 3.8) is 0 Å². The minimum absolute atomic E-state index is 0.0897. The lowest BCUT2D eigenvalue weighted by molar-refractivity contribution is -0.136. The standard InChI is InChI=1S/C20H29N7O4/c1-5-26-12-16(11-21-26)18(28)22-17-13-27(23-14(17)3)15(4)19(29)24-7-9-25(10-8-24)20(30)31-6-2/h11-13,15H,5-10H2,1-4H3,(H,22,28). The second-order valence-corrected chi connectivity index (χ2v) is 7.33.